The van der Waals surface area contributed by atoms with Crippen LogP contribution in [0.15, 0.2) is 46.9 Å². The maximum atomic E-state index is 12.1. The number of halogens is 4. The molecule has 21 heavy (non-hydrogen) atoms. The molecule has 0 aliphatic carbocycles. The Morgan fingerprint density at radius 1 is 1.05 bits per heavy atom. The zero-order valence-corrected chi connectivity index (χ0v) is 11.9. The lowest BCUT2D eigenvalue weighted by atomic mass is 10.2. The third-order valence-electron chi connectivity index (χ3n) is 2.36. The van der Waals surface area contributed by atoms with Crippen molar-refractivity contribution < 1.29 is 27.4 Å². The van der Waals surface area contributed by atoms with Crippen molar-refractivity contribution >= 4 is 22.2 Å². The predicted molar refractivity (Wildman–Crippen MR) is 72.7 cm³/mol. The molecule has 0 saturated heterocycles. The number of ether oxygens (including phenoxy) is 2. The first kappa shape index (κ1) is 15.4. The molecule has 0 fully saturated rings. The summed E-state index contributed by atoms with van der Waals surface area (Å²) < 4.78 is 45.8. The Bertz CT molecular complexity index is 656. The quantitative estimate of drug-likeness (QED) is 0.723. The van der Waals surface area contributed by atoms with Crippen molar-refractivity contribution in [2.75, 3.05) is 0 Å². The van der Waals surface area contributed by atoms with Gasteiger partial charge in [-0.2, -0.15) is 0 Å². The lowest BCUT2D eigenvalue weighted by molar-refractivity contribution is -0.274. The van der Waals surface area contributed by atoms with Crippen LogP contribution in [0.3, 0.4) is 0 Å². The van der Waals surface area contributed by atoms with E-state index in [2.05, 4.69) is 20.7 Å². The number of hydrogen-bond acceptors (Lipinski definition) is 3. The summed E-state index contributed by atoms with van der Waals surface area (Å²) in [5.74, 6) is 0.340. The van der Waals surface area contributed by atoms with Gasteiger partial charge in [-0.15, -0.1) is 13.2 Å². The van der Waals surface area contributed by atoms with Crippen molar-refractivity contribution in [2.24, 2.45) is 0 Å². The molecule has 2 rings (SSSR count). The molecule has 0 saturated carbocycles. The molecular weight excluding hydrogens is 353 g/mol. The maximum absolute atomic E-state index is 12.1. The molecule has 0 aromatic heterocycles. The van der Waals surface area contributed by atoms with Gasteiger partial charge >= 0.3 is 6.36 Å². The number of alkyl halides is 3. The van der Waals surface area contributed by atoms with Crippen molar-refractivity contribution in [1.82, 2.24) is 0 Å². The van der Waals surface area contributed by atoms with Gasteiger partial charge in [-0.25, -0.2) is 0 Å². The Balaban J connectivity index is 2.18. The monoisotopic (exact) mass is 360 g/mol. The Morgan fingerprint density at radius 2 is 1.76 bits per heavy atom. The molecule has 0 bridgehead atoms. The summed E-state index contributed by atoms with van der Waals surface area (Å²) in [4.78, 5) is 10.7. The van der Waals surface area contributed by atoms with E-state index in [1.807, 2.05) is 0 Å². The van der Waals surface area contributed by atoms with Crippen LogP contribution in [-0.4, -0.2) is 12.6 Å². The molecular formula is C14H8BrF3O3. The summed E-state index contributed by atoms with van der Waals surface area (Å²) in [7, 11) is 0. The molecule has 2 aromatic rings. The van der Waals surface area contributed by atoms with Gasteiger partial charge in [0.2, 0.25) is 0 Å². The number of carbonyl (C=O) groups excluding carboxylic acids is 1. The minimum absolute atomic E-state index is 0.101. The second-order valence-electron chi connectivity index (χ2n) is 3.93. The highest BCUT2D eigenvalue weighted by molar-refractivity contribution is 9.10. The molecule has 7 heteroatoms. The minimum atomic E-state index is -4.76. The number of carbonyl (C=O) groups is 1. The summed E-state index contributed by atoms with van der Waals surface area (Å²) in [6.07, 6.45) is -4.09. The van der Waals surface area contributed by atoms with Gasteiger partial charge in [0, 0.05) is 5.56 Å². The summed E-state index contributed by atoms with van der Waals surface area (Å²) in [5, 5.41) is 0. The van der Waals surface area contributed by atoms with Crippen LogP contribution in [0.1, 0.15) is 10.4 Å². The normalized spacial score (nSPS) is 11.0. The summed E-state index contributed by atoms with van der Waals surface area (Å²) >= 11 is 2.98. The highest BCUT2D eigenvalue weighted by Crippen LogP contribution is 2.34. The van der Waals surface area contributed by atoms with E-state index in [0.717, 1.165) is 6.07 Å². The summed E-state index contributed by atoms with van der Waals surface area (Å²) in [6.45, 7) is 0. The van der Waals surface area contributed by atoms with Crippen molar-refractivity contribution in [3.05, 3.63) is 52.5 Å². The first-order chi connectivity index (χ1) is 9.87. The van der Waals surface area contributed by atoms with E-state index in [-0.39, 0.29) is 10.2 Å². The average Bonchev–Trinajstić information content (AvgIpc) is 2.41. The van der Waals surface area contributed by atoms with Crippen molar-refractivity contribution in [2.45, 2.75) is 6.36 Å². The van der Waals surface area contributed by atoms with Gasteiger partial charge in [0.1, 0.15) is 23.5 Å². The molecule has 2 aromatic carbocycles. The zero-order chi connectivity index (χ0) is 15.5. The Kier molecular flexibility index (Phi) is 4.52. The lowest BCUT2D eigenvalue weighted by Crippen LogP contribution is -2.17. The lowest BCUT2D eigenvalue weighted by Gasteiger charge is -2.12. The van der Waals surface area contributed by atoms with Gasteiger partial charge in [0.25, 0.3) is 0 Å². The number of benzene rings is 2. The van der Waals surface area contributed by atoms with Crippen LogP contribution < -0.4 is 9.47 Å². The van der Waals surface area contributed by atoms with Gasteiger partial charge in [-0.1, -0.05) is 12.1 Å². The van der Waals surface area contributed by atoms with E-state index >= 15 is 0 Å². The molecule has 0 aliphatic rings. The molecule has 0 amide bonds. The van der Waals surface area contributed by atoms with Crippen molar-refractivity contribution in [3.63, 3.8) is 0 Å². The molecule has 0 atom stereocenters. The van der Waals surface area contributed by atoms with E-state index < -0.39 is 6.36 Å². The van der Waals surface area contributed by atoms with Crippen LogP contribution in [-0.2, 0) is 0 Å². The largest absolute Gasteiger partial charge is 0.573 e. The smallest absolute Gasteiger partial charge is 0.457 e. The van der Waals surface area contributed by atoms with E-state index in [1.54, 1.807) is 18.2 Å². The third-order valence-corrected chi connectivity index (χ3v) is 2.98. The molecule has 0 unspecified atom stereocenters. The van der Waals surface area contributed by atoms with Crippen LogP contribution in [0.5, 0.6) is 17.2 Å². The van der Waals surface area contributed by atoms with Gasteiger partial charge in [0.15, 0.2) is 0 Å². The van der Waals surface area contributed by atoms with E-state index in [9.17, 15) is 18.0 Å². The number of rotatable bonds is 4. The Hall–Kier alpha value is -2.02. The second kappa shape index (κ2) is 6.17. The average molecular weight is 361 g/mol. The fourth-order valence-corrected chi connectivity index (χ4v) is 1.98. The Labute approximate surface area is 126 Å². The summed E-state index contributed by atoms with van der Waals surface area (Å²) in [5.41, 5.74) is 0.434. The van der Waals surface area contributed by atoms with Crippen LogP contribution in [0.25, 0.3) is 0 Å². The molecule has 0 heterocycles. The molecule has 110 valence electrons. The molecule has 0 aliphatic heterocycles. The SMILES string of the molecule is O=Cc1cccc(Oc2ccc(OC(F)(F)F)c(Br)c2)c1. The van der Waals surface area contributed by atoms with Crippen LogP contribution >= 0.6 is 15.9 Å². The maximum Gasteiger partial charge on any atom is 0.573 e. The topological polar surface area (TPSA) is 35.5 Å². The first-order valence-electron chi connectivity index (χ1n) is 5.66. The van der Waals surface area contributed by atoms with Crippen LogP contribution in [0, 0.1) is 0 Å². The highest BCUT2D eigenvalue weighted by Gasteiger charge is 2.32. The summed E-state index contributed by atoms with van der Waals surface area (Å²) in [6, 6.07) is 10.2. The fourth-order valence-electron chi connectivity index (χ4n) is 1.54. The van der Waals surface area contributed by atoms with E-state index in [1.165, 1.54) is 18.2 Å². The minimum Gasteiger partial charge on any atom is -0.457 e. The zero-order valence-electron chi connectivity index (χ0n) is 10.4. The van der Waals surface area contributed by atoms with Gasteiger partial charge in [0.05, 0.1) is 4.47 Å². The molecule has 0 radical (unpaired) electrons. The van der Waals surface area contributed by atoms with Gasteiger partial charge < -0.3 is 9.47 Å². The van der Waals surface area contributed by atoms with Gasteiger partial charge in [-0.05, 0) is 46.3 Å². The Morgan fingerprint density at radius 3 is 2.38 bits per heavy atom. The van der Waals surface area contributed by atoms with Crippen LogP contribution in [0.2, 0.25) is 0 Å². The van der Waals surface area contributed by atoms with Crippen LogP contribution in [0.4, 0.5) is 13.2 Å². The number of aldehydes is 1. The number of hydrogen-bond donors (Lipinski definition) is 0. The third kappa shape index (κ3) is 4.49. The first-order valence-corrected chi connectivity index (χ1v) is 6.45. The van der Waals surface area contributed by atoms with E-state index in [0.29, 0.717) is 23.3 Å². The van der Waals surface area contributed by atoms with Gasteiger partial charge in [-0.3, -0.25) is 4.79 Å². The van der Waals surface area contributed by atoms with Crippen molar-refractivity contribution in [3.8, 4) is 17.2 Å². The molecule has 0 spiro atoms. The highest BCUT2D eigenvalue weighted by atomic mass is 79.9. The second-order valence-corrected chi connectivity index (χ2v) is 4.79. The fraction of sp³-hybridized carbons (Fsp3) is 0.0714. The standard InChI is InChI=1S/C14H8BrF3O3/c15-12-7-11(4-5-13(12)21-14(16,17)18)20-10-3-1-2-9(6-10)8-19/h1-8H. The predicted octanol–water partition coefficient (Wildman–Crippen LogP) is 4.95. The molecule has 3 nitrogen and oxygen atoms in total. The molecule has 0 N–H and O–H groups in total. The van der Waals surface area contributed by atoms with E-state index in [4.69, 9.17) is 4.74 Å². The van der Waals surface area contributed by atoms with Crippen molar-refractivity contribution in [1.29, 1.82) is 0 Å².